The van der Waals surface area contributed by atoms with E-state index in [1.54, 1.807) is 0 Å². The lowest BCUT2D eigenvalue weighted by atomic mass is 9.74. The van der Waals surface area contributed by atoms with Crippen molar-refractivity contribution in [2.24, 2.45) is 0 Å². The van der Waals surface area contributed by atoms with Gasteiger partial charge in [-0.15, -0.1) is 0 Å². The predicted octanol–water partition coefficient (Wildman–Crippen LogP) is 5.67. The van der Waals surface area contributed by atoms with Crippen LogP contribution in [0.15, 0.2) is 72.8 Å². The summed E-state index contributed by atoms with van der Waals surface area (Å²) in [6.45, 7) is 2.31. The zero-order valence-electron chi connectivity index (χ0n) is 11.8. The highest BCUT2D eigenvalue weighted by Gasteiger charge is 2.40. The number of halogens is 1. The highest BCUT2D eigenvalue weighted by Crippen LogP contribution is 2.52. The van der Waals surface area contributed by atoms with E-state index in [0.717, 1.165) is 5.02 Å². The molecule has 21 heavy (non-hydrogen) atoms. The van der Waals surface area contributed by atoms with Gasteiger partial charge in [-0.3, -0.25) is 0 Å². The average molecular weight is 291 g/mol. The van der Waals surface area contributed by atoms with E-state index >= 15 is 0 Å². The van der Waals surface area contributed by atoms with Crippen LogP contribution >= 0.6 is 11.6 Å². The van der Waals surface area contributed by atoms with Gasteiger partial charge in [0.25, 0.3) is 0 Å². The average Bonchev–Trinajstić information content (AvgIpc) is 2.80. The van der Waals surface area contributed by atoms with Crippen LogP contribution < -0.4 is 0 Å². The first kappa shape index (κ1) is 12.7. The van der Waals surface area contributed by atoms with Crippen LogP contribution in [0.25, 0.3) is 11.1 Å². The molecule has 0 spiro atoms. The van der Waals surface area contributed by atoms with Crippen LogP contribution in [0.5, 0.6) is 0 Å². The van der Waals surface area contributed by atoms with E-state index in [1.165, 1.54) is 27.8 Å². The molecular formula is C20H15Cl. The van der Waals surface area contributed by atoms with Crippen LogP contribution in [0.4, 0.5) is 0 Å². The predicted molar refractivity (Wildman–Crippen MR) is 88.9 cm³/mol. The molecule has 0 unspecified atom stereocenters. The summed E-state index contributed by atoms with van der Waals surface area (Å²) in [6.07, 6.45) is 0. The number of hydrogen-bond donors (Lipinski definition) is 0. The maximum atomic E-state index is 6.06. The lowest BCUT2D eigenvalue weighted by molar-refractivity contribution is 0.714. The lowest BCUT2D eigenvalue weighted by Crippen LogP contribution is -2.22. The van der Waals surface area contributed by atoms with Crippen LogP contribution in [0.3, 0.4) is 0 Å². The molecular weight excluding hydrogens is 276 g/mol. The van der Waals surface area contributed by atoms with E-state index in [0.29, 0.717) is 0 Å². The third-order valence-electron chi connectivity index (χ3n) is 4.64. The van der Waals surface area contributed by atoms with Crippen LogP contribution in [-0.4, -0.2) is 0 Å². The van der Waals surface area contributed by atoms with Crippen LogP contribution in [0.1, 0.15) is 23.6 Å². The van der Waals surface area contributed by atoms with Crippen molar-refractivity contribution in [1.29, 1.82) is 0 Å². The first-order valence-corrected chi connectivity index (χ1v) is 7.54. The minimum atomic E-state index is -0.113. The molecule has 0 heterocycles. The molecule has 0 amide bonds. The molecule has 0 saturated heterocycles. The fraction of sp³-hybridized carbons (Fsp3) is 0.100. The Morgan fingerprint density at radius 2 is 1.14 bits per heavy atom. The maximum Gasteiger partial charge on any atom is 0.0435 e. The van der Waals surface area contributed by atoms with Gasteiger partial charge < -0.3 is 0 Å². The molecule has 0 aliphatic heterocycles. The molecule has 0 atom stereocenters. The van der Waals surface area contributed by atoms with Gasteiger partial charge in [-0.05, 0) is 46.9 Å². The lowest BCUT2D eigenvalue weighted by Gasteiger charge is -2.28. The van der Waals surface area contributed by atoms with Gasteiger partial charge in [0.15, 0.2) is 0 Å². The van der Waals surface area contributed by atoms with Crippen molar-refractivity contribution >= 4 is 11.6 Å². The van der Waals surface area contributed by atoms with E-state index in [-0.39, 0.29) is 5.41 Å². The molecule has 0 radical (unpaired) electrons. The largest absolute Gasteiger partial charge is 0.0843 e. The summed E-state index contributed by atoms with van der Waals surface area (Å²) in [4.78, 5) is 0. The fourth-order valence-corrected chi connectivity index (χ4v) is 3.67. The maximum absolute atomic E-state index is 6.06. The molecule has 3 aromatic carbocycles. The van der Waals surface area contributed by atoms with Crippen molar-refractivity contribution in [1.82, 2.24) is 0 Å². The topological polar surface area (TPSA) is 0 Å². The molecule has 3 aromatic rings. The third kappa shape index (κ3) is 1.69. The first-order valence-electron chi connectivity index (χ1n) is 7.17. The summed E-state index contributed by atoms with van der Waals surface area (Å²) in [5.41, 5.74) is 6.58. The van der Waals surface area contributed by atoms with E-state index in [2.05, 4.69) is 67.6 Å². The molecule has 1 heteroatoms. The van der Waals surface area contributed by atoms with E-state index in [9.17, 15) is 0 Å². The van der Waals surface area contributed by atoms with Crippen LogP contribution in [0.2, 0.25) is 5.02 Å². The Labute approximate surface area is 130 Å². The first-order chi connectivity index (χ1) is 10.2. The Kier molecular flexibility index (Phi) is 2.70. The molecule has 1 aliphatic carbocycles. The van der Waals surface area contributed by atoms with Gasteiger partial charge in [0.05, 0.1) is 0 Å². The van der Waals surface area contributed by atoms with E-state index in [4.69, 9.17) is 11.6 Å². The molecule has 4 rings (SSSR count). The highest BCUT2D eigenvalue weighted by molar-refractivity contribution is 6.30. The Balaban J connectivity index is 2.06. The Morgan fingerprint density at radius 3 is 1.67 bits per heavy atom. The molecule has 0 N–H and O–H groups in total. The van der Waals surface area contributed by atoms with Crippen molar-refractivity contribution in [3.8, 4) is 11.1 Å². The fourth-order valence-electron chi connectivity index (χ4n) is 3.55. The number of hydrogen-bond acceptors (Lipinski definition) is 0. The second kappa shape index (κ2) is 4.47. The quantitative estimate of drug-likeness (QED) is 0.541. The summed E-state index contributed by atoms with van der Waals surface area (Å²) < 4.78 is 0. The third-order valence-corrected chi connectivity index (χ3v) is 4.90. The van der Waals surface area contributed by atoms with Crippen molar-refractivity contribution in [2.75, 3.05) is 0 Å². The SMILES string of the molecule is CC1(c2ccc(Cl)cc2)c2ccccc2-c2ccccc21. The summed E-state index contributed by atoms with van der Waals surface area (Å²) in [5.74, 6) is 0. The van der Waals surface area contributed by atoms with Gasteiger partial charge in [0.2, 0.25) is 0 Å². The van der Waals surface area contributed by atoms with E-state index in [1.807, 2.05) is 12.1 Å². The van der Waals surface area contributed by atoms with Crippen molar-refractivity contribution in [3.63, 3.8) is 0 Å². The Bertz CT molecular complexity index is 770. The smallest absolute Gasteiger partial charge is 0.0435 e. The van der Waals surface area contributed by atoms with Crippen molar-refractivity contribution < 1.29 is 0 Å². The van der Waals surface area contributed by atoms with Gasteiger partial charge in [-0.2, -0.15) is 0 Å². The molecule has 1 aliphatic rings. The summed E-state index contributed by atoms with van der Waals surface area (Å²) >= 11 is 6.06. The monoisotopic (exact) mass is 290 g/mol. The molecule has 0 nitrogen and oxygen atoms in total. The van der Waals surface area contributed by atoms with E-state index < -0.39 is 0 Å². The summed E-state index contributed by atoms with van der Waals surface area (Å²) in [7, 11) is 0. The molecule has 0 bridgehead atoms. The molecule has 0 saturated carbocycles. The second-order valence-corrected chi connectivity index (χ2v) is 6.16. The van der Waals surface area contributed by atoms with Crippen molar-refractivity contribution in [3.05, 3.63) is 94.5 Å². The van der Waals surface area contributed by atoms with Gasteiger partial charge in [0.1, 0.15) is 0 Å². The normalized spacial score (nSPS) is 14.6. The zero-order valence-corrected chi connectivity index (χ0v) is 12.6. The summed E-state index contributed by atoms with van der Waals surface area (Å²) in [6, 6.07) is 25.6. The standard InChI is InChI=1S/C20H15Cl/c1-20(14-10-12-15(21)13-11-14)18-8-4-2-6-16(18)17-7-3-5-9-19(17)20/h2-13H,1H3. The minimum absolute atomic E-state index is 0.113. The number of benzene rings is 3. The van der Waals surface area contributed by atoms with Crippen molar-refractivity contribution in [2.45, 2.75) is 12.3 Å². The Hall–Kier alpha value is -2.05. The van der Waals surface area contributed by atoms with Gasteiger partial charge in [-0.25, -0.2) is 0 Å². The zero-order chi connectivity index (χ0) is 14.4. The number of fused-ring (bicyclic) bond motifs is 3. The molecule has 0 fully saturated rings. The highest BCUT2D eigenvalue weighted by atomic mass is 35.5. The van der Waals surface area contributed by atoms with Gasteiger partial charge >= 0.3 is 0 Å². The molecule has 0 aromatic heterocycles. The second-order valence-electron chi connectivity index (χ2n) is 5.72. The Morgan fingerprint density at radius 1 is 0.667 bits per heavy atom. The van der Waals surface area contributed by atoms with Gasteiger partial charge in [-0.1, -0.05) is 72.3 Å². The van der Waals surface area contributed by atoms with Crippen LogP contribution in [0, 0.1) is 0 Å². The minimum Gasteiger partial charge on any atom is -0.0843 e. The number of rotatable bonds is 1. The summed E-state index contributed by atoms with van der Waals surface area (Å²) in [5, 5.41) is 0.780. The van der Waals surface area contributed by atoms with Gasteiger partial charge in [0, 0.05) is 10.4 Å². The van der Waals surface area contributed by atoms with Crippen LogP contribution in [-0.2, 0) is 5.41 Å². The molecule has 102 valence electrons.